The summed E-state index contributed by atoms with van der Waals surface area (Å²) in [5, 5.41) is 0. The highest BCUT2D eigenvalue weighted by molar-refractivity contribution is 7.92. The Morgan fingerprint density at radius 1 is 1.14 bits per heavy atom. The van der Waals surface area contributed by atoms with E-state index < -0.39 is 15.8 Å². The number of nitrogens with zero attached hydrogens (tertiary/aromatic N) is 1. The summed E-state index contributed by atoms with van der Waals surface area (Å²) in [5.41, 5.74) is 1.46. The Morgan fingerprint density at radius 2 is 1.86 bits per heavy atom. The minimum atomic E-state index is -3.82. The van der Waals surface area contributed by atoms with Gasteiger partial charge in [-0.3, -0.25) is 4.31 Å². The topological polar surface area (TPSA) is 46.6 Å². The summed E-state index contributed by atoms with van der Waals surface area (Å²) in [6.07, 6.45) is 0. The van der Waals surface area contributed by atoms with Gasteiger partial charge in [0, 0.05) is 7.05 Å². The lowest BCUT2D eigenvalue weighted by atomic mass is 10.2. The maximum atomic E-state index is 13.7. The minimum Gasteiger partial charge on any atom is -0.494 e. The van der Waals surface area contributed by atoms with Gasteiger partial charge in [0.1, 0.15) is 0 Å². The second kappa shape index (κ2) is 5.73. The van der Waals surface area contributed by atoms with Crippen LogP contribution in [0.25, 0.3) is 0 Å². The van der Waals surface area contributed by atoms with Crippen molar-refractivity contribution < 1.29 is 17.5 Å². The molecule has 6 heteroatoms. The van der Waals surface area contributed by atoms with Crippen LogP contribution in [0.5, 0.6) is 5.75 Å². The van der Waals surface area contributed by atoms with E-state index in [1.54, 1.807) is 18.2 Å². The molecule has 0 aliphatic heterocycles. The molecule has 4 nitrogen and oxygen atoms in total. The van der Waals surface area contributed by atoms with Crippen molar-refractivity contribution in [2.24, 2.45) is 0 Å². The SMILES string of the molecule is COc1ccc(S(=O)(=O)N(C)c2cccc(C)c2)cc1F. The van der Waals surface area contributed by atoms with Crippen molar-refractivity contribution in [3.8, 4) is 5.75 Å². The van der Waals surface area contributed by atoms with E-state index in [-0.39, 0.29) is 10.6 Å². The first-order chi connectivity index (χ1) is 9.86. The molecule has 0 N–H and O–H groups in total. The number of ether oxygens (including phenoxy) is 1. The molecule has 0 atom stereocenters. The van der Waals surface area contributed by atoms with E-state index in [2.05, 4.69) is 0 Å². The number of benzene rings is 2. The fourth-order valence-electron chi connectivity index (χ4n) is 1.93. The number of halogens is 1. The van der Waals surface area contributed by atoms with Crippen LogP contribution in [0.15, 0.2) is 47.4 Å². The van der Waals surface area contributed by atoms with Crippen LogP contribution < -0.4 is 9.04 Å². The van der Waals surface area contributed by atoms with Gasteiger partial charge in [-0.05, 0) is 42.8 Å². The molecule has 0 bridgehead atoms. The summed E-state index contributed by atoms with van der Waals surface area (Å²) in [6, 6.07) is 10.7. The molecule has 0 fully saturated rings. The van der Waals surface area contributed by atoms with Crippen LogP contribution in [-0.2, 0) is 10.0 Å². The molecule has 0 unspecified atom stereocenters. The first-order valence-electron chi connectivity index (χ1n) is 6.25. The van der Waals surface area contributed by atoms with Gasteiger partial charge in [0.25, 0.3) is 10.0 Å². The number of aryl methyl sites for hydroxylation is 1. The van der Waals surface area contributed by atoms with Crippen LogP contribution in [0.1, 0.15) is 5.56 Å². The number of hydrogen-bond acceptors (Lipinski definition) is 3. The van der Waals surface area contributed by atoms with Crippen LogP contribution in [0.2, 0.25) is 0 Å². The van der Waals surface area contributed by atoms with E-state index in [1.807, 2.05) is 13.0 Å². The van der Waals surface area contributed by atoms with E-state index in [4.69, 9.17) is 4.74 Å². The van der Waals surface area contributed by atoms with E-state index in [9.17, 15) is 12.8 Å². The van der Waals surface area contributed by atoms with Crippen LogP contribution in [0.4, 0.5) is 10.1 Å². The molecular formula is C15H16FNO3S. The van der Waals surface area contributed by atoms with Crippen LogP contribution in [-0.4, -0.2) is 22.6 Å². The highest BCUT2D eigenvalue weighted by Gasteiger charge is 2.22. The van der Waals surface area contributed by atoms with E-state index in [0.717, 1.165) is 15.9 Å². The summed E-state index contributed by atoms with van der Waals surface area (Å²) in [6.45, 7) is 1.87. The fourth-order valence-corrected chi connectivity index (χ4v) is 3.13. The lowest BCUT2D eigenvalue weighted by Crippen LogP contribution is -2.26. The summed E-state index contributed by atoms with van der Waals surface area (Å²) >= 11 is 0. The zero-order valence-electron chi connectivity index (χ0n) is 12.0. The average molecular weight is 309 g/mol. The highest BCUT2D eigenvalue weighted by atomic mass is 32.2. The zero-order valence-corrected chi connectivity index (χ0v) is 12.8. The lowest BCUT2D eigenvalue weighted by molar-refractivity contribution is 0.385. The normalized spacial score (nSPS) is 11.2. The highest BCUT2D eigenvalue weighted by Crippen LogP contribution is 2.26. The van der Waals surface area contributed by atoms with Crippen LogP contribution >= 0.6 is 0 Å². The molecule has 0 spiro atoms. The first kappa shape index (κ1) is 15.3. The zero-order chi connectivity index (χ0) is 15.6. The molecular weight excluding hydrogens is 293 g/mol. The predicted molar refractivity (Wildman–Crippen MR) is 79.7 cm³/mol. The molecule has 0 aliphatic carbocycles. The second-order valence-corrected chi connectivity index (χ2v) is 6.58. The van der Waals surface area contributed by atoms with Gasteiger partial charge in [-0.2, -0.15) is 0 Å². The summed E-state index contributed by atoms with van der Waals surface area (Å²) in [7, 11) is -1.06. The van der Waals surface area contributed by atoms with Crippen molar-refractivity contribution in [1.82, 2.24) is 0 Å². The van der Waals surface area contributed by atoms with Crippen molar-refractivity contribution in [3.63, 3.8) is 0 Å². The molecule has 0 aromatic heterocycles. The number of rotatable bonds is 4. The lowest BCUT2D eigenvalue weighted by Gasteiger charge is -2.20. The van der Waals surface area contributed by atoms with Crippen LogP contribution in [0, 0.1) is 12.7 Å². The molecule has 2 aromatic rings. The number of methoxy groups -OCH3 is 1. The molecule has 2 rings (SSSR count). The molecule has 2 aromatic carbocycles. The van der Waals surface area contributed by atoms with E-state index in [1.165, 1.54) is 26.3 Å². The maximum Gasteiger partial charge on any atom is 0.264 e. The molecule has 21 heavy (non-hydrogen) atoms. The monoisotopic (exact) mass is 309 g/mol. The second-order valence-electron chi connectivity index (χ2n) is 4.61. The third-order valence-corrected chi connectivity index (χ3v) is 4.93. The van der Waals surface area contributed by atoms with Gasteiger partial charge in [0.05, 0.1) is 17.7 Å². The van der Waals surface area contributed by atoms with Crippen LogP contribution in [0.3, 0.4) is 0 Å². The van der Waals surface area contributed by atoms with Crippen molar-refractivity contribution in [3.05, 3.63) is 53.8 Å². The quantitative estimate of drug-likeness (QED) is 0.872. The maximum absolute atomic E-state index is 13.7. The Kier molecular flexibility index (Phi) is 4.18. The van der Waals surface area contributed by atoms with Gasteiger partial charge in [-0.1, -0.05) is 12.1 Å². The third-order valence-electron chi connectivity index (χ3n) is 3.15. The molecule has 0 radical (unpaired) electrons. The van der Waals surface area contributed by atoms with Gasteiger partial charge >= 0.3 is 0 Å². The number of anilines is 1. The minimum absolute atomic E-state index is 0.00663. The smallest absolute Gasteiger partial charge is 0.264 e. The van der Waals surface area contributed by atoms with Crippen molar-refractivity contribution >= 4 is 15.7 Å². The largest absolute Gasteiger partial charge is 0.494 e. The number of sulfonamides is 1. The Labute approximate surface area is 123 Å². The molecule has 0 heterocycles. The Bertz CT molecular complexity index is 759. The van der Waals surface area contributed by atoms with Gasteiger partial charge in [0.2, 0.25) is 0 Å². The standard InChI is InChI=1S/C15H16FNO3S/c1-11-5-4-6-12(9-11)17(2)21(18,19)13-7-8-15(20-3)14(16)10-13/h4-10H,1-3H3. The van der Waals surface area contributed by atoms with Gasteiger partial charge in [-0.25, -0.2) is 12.8 Å². The first-order valence-corrected chi connectivity index (χ1v) is 7.69. The van der Waals surface area contributed by atoms with E-state index >= 15 is 0 Å². The summed E-state index contributed by atoms with van der Waals surface area (Å²) < 4.78 is 44.6. The number of hydrogen-bond donors (Lipinski definition) is 0. The van der Waals surface area contributed by atoms with Crippen molar-refractivity contribution in [2.45, 2.75) is 11.8 Å². The molecule has 112 valence electrons. The summed E-state index contributed by atoms with van der Waals surface area (Å²) in [4.78, 5) is -0.121. The van der Waals surface area contributed by atoms with Gasteiger partial charge < -0.3 is 4.74 Å². The molecule has 0 aliphatic rings. The Balaban J connectivity index is 2.44. The van der Waals surface area contributed by atoms with E-state index in [0.29, 0.717) is 5.69 Å². The van der Waals surface area contributed by atoms with Gasteiger partial charge in [0.15, 0.2) is 11.6 Å². The fraction of sp³-hybridized carbons (Fsp3) is 0.200. The predicted octanol–water partition coefficient (Wildman–Crippen LogP) is 2.97. The molecule has 0 saturated carbocycles. The third kappa shape index (κ3) is 3.00. The van der Waals surface area contributed by atoms with Crippen molar-refractivity contribution in [1.29, 1.82) is 0 Å². The average Bonchev–Trinajstić information content (AvgIpc) is 2.46. The van der Waals surface area contributed by atoms with Gasteiger partial charge in [-0.15, -0.1) is 0 Å². The Hall–Kier alpha value is -2.08. The van der Waals surface area contributed by atoms with Crippen molar-refractivity contribution in [2.75, 3.05) is 18.5 Å². The summed E-state index contributed by atoms with van der Waals surface area (Å²) in [5.74, 6) is -0.705. The molecule has 0 amide bonds. The Morgan fingerprint density at radius 3 is 2.43 bits per heavy atom. The molecule has 0 saturated heterocycles.